The van der Waals surface area contributed by atoms with Gasteiger partial charge in [0.15, 0.2) is 5.56 Å². The molecule has 3 N–H and O–H groups in total. The van der Waals surface area contributed by atoms with E-state index >= 15 is 0 Å². The Morgan fingerprint density at radius 2 is 1.83 bits per heavy atom. The Hall–Kier alpha value is -2.68. The van der Waals surface area contributed by atoms with E-state index in [1.807, 2.05) is 24.3 Å². The van der Waals surface area contributed by atoms with Gasteiger partial charge in [-0.25, -0.2) is 0 Å². The van der Waals surface area contributed by atoms with Gasteiger partial charge in [0, 0.05) is 10.4 Å². The maximum absolute atomic E-state index is 12.5. The van der Waals surface area contributed by atoms with Gasteiger partial charge < -0.3 is 15.5 Å². The van der Waals surface area contributed by atoms with Gasteiger partial charge in [-0.15, -0.1) is 0 Å². The van der Waals surface area contributed by atoms with Gasteiger partial charge in [-0.1, -0.05) is 47.3 Å². The highest BCUT2D eigenvalue weighted by Crippen LogP contribution is 2.33. The normalized spacial score (nSPS) is 14.5. The van der Waals surface area contributed by atoms with E-state index in [2.05, 4.69) is 26.2 Å². The van der Waals surface area contributed by atoms with Gasteiger partial charge in [0.05, 0.1) is 6.54 Å². The number of hydrogen-bond acceptors (Lipinski definition) is 5. The van der Waals surface area contributed by atoms with Crippen molar-refractivity contribution in [3.05, 3.63) is 56.0 Å². The molecule has 0 bridgehead atoms. The SMILES string of the molecule is O=C(O)CNC(=O)c1c(O)n(Cc2ccc(Br)cc2)c(C2CCCCC2)nc1=O. The Bertz CT molecular complexity index is 965. The minimum Gasteiger partial charge on any atom is -0.494 e. The van der Waals surface area contributed by atoms with Gasteiger partial charge in [-0.2, -0.15) is 4.98 Å². The van der Waals surface area contributed by atoms with Crippen molar-refractivity contribution in [2.75, 3.05) is 6.54 Å². The number of benzene rings is 1. The Balaban J connectivity index is 2.05. The van der Waals surface area contributed by atoms with Gasteiger partial charge in [-0.05, 0) is 30.5 Å². The van der Waals surface area contributed by atoms with Crippen molar-refractivity contribution in [1.82, 2.24) is 14.9 Å². The van der Waals surface area contributed by atoms with Crippen molar-refractivity contribution in [2.45, 2.75) is 44.6 Å². The molecule has 1 fully saturated rings. The number of hydrogen-bond donors (Lipinski definition) is 3. The number of aromatic hydroxyl groups is 1. The van der Waals surface area contributed by atoms with E-state index in [1.54, 1.807) is 0 Å². The minimum atomic E-state index is -1.25. The number of carboxylic acid groups (broad SMARTS) is 1. The number of aliphatic carboxylic acids is 1. The first kappa shape index (κ1) is 21.0. The second-order valence-corrected chi connectivity index (χ2v) is 8.01. The maximum atomic E-state index is 12.5. The van der Waals surface area contributed by atoms with Crippen molar-refractivity contribution in [1.29, 1.82) is 0 Å². The Kier molecular flexibility index (Phi) is 6.68. The Morgan fingerprint density at radius 1 is 1.17 bits per heavy atom. The molecule has 29 heavy (non-hydrogen) atoms. The number of carboxylic acids is 1. The second kappa shape index (κ2) is 9.21. The van der Waals surface area contributed by atoms with Crippen molar-refractivity contribution >= 4 is 27.8 Å². The van der Waals surface area contributed by atoms with Gasteiger partial charge in [-0.3, -0.25) is 19.0 Å². The number of halogens is 1. The van der Waals surface area contributed by atoms with Crippen LogP contribution in [0.15, 0.2) is 33.5 Å². The first-order chi connectivity index (χ1) is 13.9. The molecule has 2 aromatic rings. The third kappa shape index (κ3) is 5.03. The number of nitrogens with one attached hydrogen (secondary N) is 1. The van der Waals surface area contributed by atoms with Crippen LogP contribution in [0, 0.1) is 0 Å². The molecule has 1 saturated carbocycles. The second-order valence-electron chi connectivity index (χ2n) is 7.10. The lowest BCUT2D eigenvalue weighted by atomic mass is 9.88. The molecule has 1 aliphatic carbocycles. The summed E-state index contributed by atoms with van der Waals surface area (Å²) in [5, 5.41) is 21.7. The number of amides is 1. The van der Waals surface area contributed by atoms with Gasteiger partial charge in [0.2, 0.25) is 5.88 Å². The molecule has 1 aliphatic rings. The number of carbonyl (C=O) groups excluding carboxylic acids is 1. The van der Waals surface area contributed by atoms with Crippen molar-refractivity contribution in [3.63, 3.8) is 0 Å². The average molecular weight is 464 g/mol. The molecular weight excluding hydrogens is 442 g/mol. The van der Waals surface area contributed by atoms with Crippen LogP contribution in [0.4, 0.5) is 0 Å². The lowest BCUT2D eigenvalue weighted by molar-refractivity contribution is -0.135. The summed E-state index contributed by atoms with van der Waals surface area (Å²) in [4.78, 5) is 39.7. The molecule has 0 atom stereocenters. The molecular formula is C20H22BrN3O5. The quantitative estimate of drug-likeness (QED) is 0.605. The van der Waals surface area contributed by atoms with Crippen LogP contribution in [0.25, 0.3) is 0 Å². The van der Waals surface area contributed by atoms with Gasteiger partial charge in [0.1, 0.15) is 12.4 Å². The van der Waals surface area contributed by atoms with E-state index in [0.717, 1.165) is 42.1 Å². The molecule has 1 aromatic carbocycles. The molecule has 9 heteroatoms. The summed E-state index contributed by atoms with van der Waals surface area (Å²) in [6, 6.07) is 7.47. The molecule has 0 spiro atoms. The zero-order chi connectivity index (χ0) is 21.0. The van der Waals surface area contributed by atoms with E-state index in [1.165, 1.54) is 4.57 Å². The molecule has 3 rings (SSSR count). The predicted octanol–water partition coefficient (Wildman–Crippen LogP) is 2.62. The highest BCUT2D eigenvalue weighted by molar-refractivity contribution is 9.10. The minimum absolute atomic E-state index is 0.0222. The Labute approximate surface area is 175 Å². The fourth-order valence-electron chi connectivity index (χ4n) is 3.60. The van der Waals surface area contributed by atoms with Crippen molar-refractivity contribution in [3.8, 4) is 5.88 Å². The van der Waals surface area contributed by atoms with E-state index in [-0.39, 0.29) is 12.5 Å². The van der Waals surface area contributed by atoms with Gasteiger partial charge >= 0.3 is 5.97 Å². The zero-order valence-corrected chi connectivity index (χ0v) is 17.3. The lowest BCUT2D eigenvalue weighted by Crippen LogP contribution is -2.35. The summed E-state index contributed by atoms with van der Waals surface area (Å²) in [5.41, 5.74) is -0.524. The van der Waals surface area contributed by atoms with Crippen LogP contribution in [0.3, 0.4) is 0 Å². The zero-order valence-electron chi connectivity index (χ0n) is 15.7. The fourth-order valence-corrected chi connectivity index (χ4v) is 3.87. The summed E-state index contributed by atoms with van der Waals surface area (Å²) in [6.45, 7) is -0.424. The molecule has 1 amide bonds. The summed E-state index contributed by atoms with van der Waals surface area (Å²) >= 11 is 3.38. The van der Waals surface area contributed by atoms with Crippen molar-refractivity contribution < 1.29 is 19.8 Å². The predicted molar refractivity (Wildman–Crippen MR) is 109 cm³/mol. The molecule has 0 aliphatic heterocycles. The molecule has 8 nitrogen and oxygen atoms in total. The number of aromatic nitrogens is 2. The topological polar surface area (TPSA) is 122 Å². The average Bonchev–Trinajstić information content (AvgIpc) is 2.70. The van der Waals surface area contributed by atoms with Crippen molar-refractivity contribution in [2.24, 2.45) is 0 Å². The summed E-state index contributed by atoms with van der Waals surface area (Å²) in [5.74, 6) is -2.21. The number of carbonyl (C=O) groups is 2. The smallest absolute Gasteiger partial charge is 0.322 e. The molecule has 154 valence electrons. The lowest BCUT2D eigenvalue weighted by Gasteiger charge is -2.25. The van der Waals surface area contributed by atoms with Crippen LogP contribution in [0.2, 0.25) is 0 Å². The Morgan fingerprint density at radius 3 is 2.45 bits per heavy atom. The summed E-state index contributed by atoms with van der Waals surface area (Å²) in [7, 11) is 0. The van der Waals surface area contributed by atoms with Crippen LogP contribution >= 0.6 is 15.9 Å². The molecule has 1 heterocycles. The number of nitrogens with zero attached hydrogens (tertiary/aromatic N) is 2. The molecule has 0 unspecified atom stereocenters. The van der Waals surface area contributed by atoms with Crippen LogP contribution in [0.1, 0.15) is 59.8 Å². The summed E-state index contributed by atoms with van der Waals surface area (Å²) < 4.78 is 2.40. The fraction of sp³-hybridized carbons (Fsp3) is 0.400. The van der Waals surface area contributed by atoms with Gasteiger partial charge in [0.25, 0.3) is 11.5 Å². The van der Waals surface area contributed by atoms with E-state index < -0.39 is 35.4 Å². The third-order valence-electron chi connectivity index (χ3n) is 5.04. The standard InChI is InChI=1S/C20H22BrN3O5/c21-14-8-6-12(7-9-14)11-24-17(13-4-2-1-3-5-13)23-19(28)16(20(24)29)18(27)22-10-15(25)26/h6-9,13,29H,1-5,10-11H2,(H,22,27)(H,25,26). The van der Waals surface area contributed by atoms with E-state index in [0.29, 0.717) is 5.82 Å². The highest BCUT2D eigenvalue weighted by atomic mass is 79.9. The number of rotatable bonds is 6. The van der Waals surface area contributed by atoms with E-state index in [9.17, 15) is 19.5 Å². The first-order valence-electron chi connectivity index (χ1n) is 9.45. The summed E-state index contributed by atoms with van der Waals surface area (Å²) in [6.07, 6.45) is 4.86. The molecule has 0 saturated heterocycles. The maximum Gasteiger partial charge on any atom is 0.322 e. The largest absolute Gasteiger partial charge is 0.494 e. The molecule has 0 radical (unpaired) electrons. The highest BCUT2D eigenvalue weighted by Gasteiger charge is 2.27. The molecule has 1 aromatic heterocycles. The van der Waals surface area contributed by atoms with Crippen LogP contribution in [-0.4, -0.2) is 38.2 Å². The monoisotopic (exact) mass is 463 g/mol. The van der Waals surface area contributed by atoms with E-state index in [4.69, 9.17) is 5.11 Å². The van der Waals surface area contributed by atoms with Crippen LogP contribution in [0.5, 0.6) is 5.88 Å². The van der Waals surface area contributed by atoms with Crippen LogP contribution in [-0.2, 0) is 11.3 Å². The van der Waals surface area contributed by atoms with Crippen LogP contribution < -0.4 is 10.9 Å². The third-order valence-corrected chi connectivity index (χ3v) is 5.57. The first-order valence-corrected chi connectivity index (χ1v) is 10.2.